The molecule has 10 nitrogen and oxygen atoms in total. The minimum Gasteiger partial charge on any atom is -0.508 e. The molecular weight excluding hydrogens is 496 g/mol. The van der Waals surface area contributed by atoms with Gasteiger partial charge >= 0.3 is 12.0 Å². The highest BCUT2D eigenvalue weighted by molar-refractivity contribution is 7.98. The Morgan fingerprint density at radius 1 is 0.865 bits per heavy atom. The highest BCUT2D eigenvalue weighted by Crippen LogP contribution is 2.17. The Hall–Kier alpha value is -4.51. The molecule has 3 rings (SSSR count). The second-order valence-electron chi connectivity index (χ2n) is 7.86. The maximum atomic E-state index is 12.6. The summed E-state index contributed by atoms with van der Waals surface area (Å²) >= 11 is 1.56. The minimum atomic E-state index is -1.37. The summed E-state index contributed by atoms with van der Waals surface area (Å²) < 4.78 is 0. The van der Waals surface area contributed by atoms with Crippen LogP contribution in [-0.2, 0) is 11.3 Å². The summed E-state index contributed by atoms with van der Waals surface area (Å²) in [6.07, 6.45) is 1.93. The van der Waals surface area contributed by atoms with E-state index in [-0.39, 0.29) is 30.3 Å². The van der Waals surface area contributed by atoms with Crippen molar-refractivity contribution in [3.05, 3.63) is 89.5 Å². The number of amides is 4. The Morgan fingerprint density at radius 2 is 1.51 bits per heavy atom. The first-order chi connectivity index (χ1) is 17.7. The van der Waals surface area contributed by atoms with Gasteiger partial charge in [-0.2, -0.15) is 0 Å². The van der Waals surface area contributed by atoms with Gasteiger partial charge in [-0.15, -0.1) is 11.8 Å². The Morgan fingerprint density at radius 3 is 2.11 bits per heavy atom. The first kappa shape index (κ1) is 27.1. The molecule has 3 aromatic carbocycles. The molecule has 1 unspecified atom stereocenters. The van der Waals surface area contributed by atoms with E-state index >= 15 is 0 Å². The maximum absolute atomic E-state index is 12.6. The van der Waals surface area contributed by atoms with Gasteiger partial charge in [-0.3, -0.25) is 9.59 Å². The first-order valence-electron chi connectivity index (χ1n) is 11.1. The van der Waals surface area contributed by atoms with Crippen LogP contribution in [0.1, 0.15) is 26.3 Å². The zero-order valence-corrected chi connectivity index (χ0v) is 20.7. The Bertz CT molecular complexity index is 1260. The maximum Gasteiger partial charge on any atom is 0.328 e. The van der Waals surface area contributed by atoms with E-state index in [1.165, 1.54) is 36.4 Å². The summed E-state index contributed by atoms with van der Waals surface area (Å²) in [7, 11) is 0. The normalized spacial score (nSPS) is 11.2. The number of aliphatic carboxylic acids is 1. The molecular formula is C26H26N4O6S. The van der Waals surface area contributed by atoms with E-state index < -0.39 is 23.9 Å². The van der Waals surface area contributed by atoms with E-state index in [1.807, 2.05) is 18.4 Å². The van der Waals surface area contributed by atoms with Crippen LogP contribution in [0.2, 0.25) is 0 Å². The fourth-order valence-corrected chi connectivity index (χ4v) is 3.62. The average Bonchev–Trinajstić information content (AvgIpc) is 2.90. The molecule has 0 aliphatic rings. The summed E-state index contributed by atoms with van der Waals surface area (Å²) in [4.78, 5) is 49.7. The highest BCUT2D eigenvalue weighted by atomic mass is 32.2. The molecule has 3 aromatic rings. The van der Waals surface area contributed by atoms with Crippen LogP contribution in [0.4, 0.5) is 10.5 Å². The number of benzene rings is 3. The number of phenols is 1. The van der Waals surface area contributed by atoms with Crippen LogP contribution in [-0.4, -0.2) is 52.9 Å². The lowest BCUT2D eigenvalue weighted by Crippen LogP contribution is -2.49. The van der Waals surface area contributed by atoms with E-state index in [0.29, 0.717) is 11.3 Å². The Kier molecular flexibility index (Phi) is 9.50. The quantitative estimate of drug-likeness (QED) is 0.223. The summed E-state index contributed by atoms with van der Waals surface area (Å²) in [6, 6.07) is 17.3. The third kappa shape index (κ3) is 8.29. The number of thioether (sulfide) groups is 1. The molecule has 0 heterocycles. The second-order valence-corrected chi connectivity index (χ2v) is 8.74. The molecule has 11 heteroatoms. The van der Waals surface area contributed by atoms with Crippen molar-refractivity contribution in [2.45, 2.75) is 17.5 Å². The standard InChI is InChI=1S/C26H26N4O6S/c1-37-21-11-9-19(10-12-21)29-26(36)28-15-22(25(34)35)30-24(33)18-7-5-17(6-8-18)23(32)27-14-16-3-2-4-20(31)13-16/h2-13,22,31H,14-15H2,1H3,(H,27,32)(H,30,33)(H,34,35)(H2,28,29,36). The van der Waals surface area contributed by atoms with Gasteiger partial charge in [0.25, 0.3) is 11.8 Å². The van der Waals surface area contributed by atoms with E-state index in [2.05, 4.69) is 21.3 Å². The zero-order valence-electron chi connectivity index (χ0n) is 19.9. The SMILES string of the molecule is CSc1ccc(NC(=O)NCC(NC(=O)c2ccc(C(=O)NCc3cccc(O)c3)cc2)C(=O)O)cc1. The molecule has 0 radical (unpaired) electrons. The zero-order chi connectivity index (χ0) is 26.8. The number of rotatable bonds is 10. The van der Waals surface area contributed by atoms with Crippen molar-refractivity contribution in [2.24, 2.45) is 0 Å². The van der Waals surface area contributed by atoms with Gasteiger partial charge in [-0.1, -0.05) is 12.1 Å². The highest BCUT2D eigenvalue weighted by Gasteiger charge is 2.21. The molecule has 6 N–H and O–H groups in total. The number of aromatic hydroxyl groups is 1. The molecule has 37 heavy (non-hydrogen) atoms. The van der Waals surface area contributed by atoms with Gasteiger partial charge in [0.2, 0.25) is 0 Å². The van der Waals surface area contributed by atoms with Gasteiger partial charge in [0.05, 0.1) is 6.54 Å². The number of carbonyl (C=O) groups excluding carboxylic acids is 3. The minimum absolute atomic E-state index is 0.0959. The molecule has 192 valence electrons. The molecule has 4 amide bonds. The third-order valence-corrected chi connectivity index (χ3v) is 5.93. The molecule has 0 bridgehead atoms. The Balaban J connectivity index is 1.51. The fraction of sp³-hybridized carbons (Fsp3) is 0.154. The molecule has 0 aliphatic carbocycles. The summed E-state index contributed by atoms with van der Waals surface area (Å²) in [5, 5.41) is 29.1. The predicted octanol–water partition coefficient (Wildman–Crippen LogP) is 3.05. The van der Waals surface area contributed by atoms with Crippen LogP contribution in [0.25, 0.3) is 0 Å². The molecule has 0 aromatic heterocycles. The van der Waals surface area contributed by atoms with Crippen LogP contribution in [0.5, 0.6) is 5.75 Å². The average molecular weight is 523 g/mol. The topological polar surface area (TPSA) is 157 Å². The molecule has 0 saturated carbocycles. The number of hydrogen-bond acceptors (Lipinski definition) is 6. The predicted molar refractivity (Wildman–Crippen MR) is 140 cm³/mol. The van der Waals surface area contributed by atoms with E-state index in [4.69, 9.17) is 0 Å². The van der Waals surface area contributed by atoms with Gasteiger partial charge in [0.15, 0.2) is 0 Å². The van der Waals surface area contributed by atoms with Crippen LogP contribution in [0.15, 0.2) is 77.7 Å². The van der Waals surface area contributed by atoms with Crippen molar-refractivity contribution < 1.29 is 29.4 Å². The number of anilines is 1. The van der Waals surface area contributed by atoms with Crippen LogP contribution in [0, 0.1) is 0 Å². The van der Waals surface area contributed by atoms with Crippen LogP contribution >= 0.6 is 11.8 Å². The van der Waals surface area contributed by atoms with Gasteiger partial charge in [-0.25, -0.2) is 9.59 Å². The molecule has 0 saturated heterocycles. The third-order valence-electron chi connectivity index (χ3n) is 5.19. The lowest BCUT2D eigenvalue weighted by atomic mass is 10.1. The second kappa shape index (κ2) is 13.0. The summed E-state index contributed by atoms with van der Waals surface area (Å²) in [5.74, 6) is -2.27. The van der Waals surface area contributed by atoms with E-state index in [0.717, 1.165) is 10.5 Å². The summed E-state index contributed by atoms with van der Waals surface area (Å²) in [5.41, 5.74) is 1.71. The number of carboxylic acids is 1. The van der Waals surface area contributed by atoms with Gasteiger partial charge in [0, 0.05) is 28.3 Å². The summed E-state index contributed by atoms with van der Waals surface area (Å²) in [6.45, 7) is -0.134. The number of carbonyl (C=O) groups is 4. The lowest BCUT2D eigenvalue weighted by molar-refractivity contribution is -0.139. The van der Waals surface area contributed by atoms with Crippen molar-refractivity contribution in [1.82, 2.24) is 16.0 Å². The van der Waals surface area contributed by atoms with E-state index in [1.54, 1.807) is 36.0 Å². The van der Waals surface area contributed by atoms with Crippen molar-refractivity contribution in [3.8, 4) is 5.75 Å². The van der Waals surface area contributed by atoms with Gasteiger partial charge in [-0.05, 0) is 72.5 Å². The largest absolute Gasteiger partial charge is 0.508 e. The molecule has 0 spiro atoms. The van der Waals surface area contributed by atoms with Crippen LogP contribution < -0.4 is 21.3 Å². The lowest BCUT2D eigenvalue weighted by Gasteiger charge is -2.16. The smallest absolute Gasteiger partial charge is 0.328 e. The number of nitrogens with one attached hydrogen (secondary N) is 4. The fourth-order valence-electron chi connectivity index (χ4n) is 3.21. The number of urea groups is 1. The van der Waals surface area contributed by atoms with Crippen molar-refractivity contribution >= 4 is 41.3 Å². The van der Waals surface area contributed by atoms with E-state index in [9.17, 15) is 29.4 Å². The van der Waals surface area contributed by atoms with Crippen molar-refractivity contribution in [2.75, 3.05) is 18.1 Å². The number of hydrogen-bond donors (Lipinski definition) is 6. The van der Waals surface area contributed by atoms with Crippen molar-refractivity contribution in [1.29, 1.82) is 0 Å². The van der Waals surface area contributed by atoms with Gasteiger partial charge in [0.1, 0.15) is 11.8 Å². The molecule has 1 atom stereocenters. The Labute approximate surface area is 217 Å². The number of carboxylic acid groups (broad SMARTS) is 1. The number of phenolic OH excluding ortho intramolecular Hbond substituents is 1. The van der Waals surface area contributed by atoms with Crippen molar-refractivity contribution in [3.63, 3.8) is 0 Å². The molecule has 0 aliphatic heterocycles. The van der Waals surface area contributed by atoms with Gasteiger partial charge < -0.3 is 31.5 Å². The van der Waals surface area contributed by atoms with Crippen LogP contribution in [0.3, 0.4) is 0 Å². The molecule has 0 fully saturated rings. The monoisotopic (exact) mass is 522 g/mol. The first-order valence-corrected chi connectivity index (χ1v) is 12.4.